The summed E-state index contributed by atoms with van der Waals surface area (Å²) in [6.45, 7) is 0. The van der Waals surface area contributed by atoms with E-state index in [0.717, 1.165) is 15.3 Å². The van der Waals surface area contributed by atoms with Crippen LogP contribution in [0.15, 0.2) is 36.4 Å². The number of aromatic nitrogens is 2. The van der Waals surface area contributed by atoms with Crippen molar-refractivity contribution in [1.82, 2.24) is 9.55 Å². The van der Waals surface area contributed by atoms with Crippen molar-refractivity contribution in [3.8, 4) is 5.69 Å². The zero-order valence-electron chi connectivity index (χ0n) is 9.45. The minimum atomic E-state index is -0.899. The van der Waals surface area contributed by atoms with E-state index in [4.69, 9.17) is 12.2 Å². The molecule has 0 aliphatic heterocycles. The van der Waals surface area contributed by atoms with Gasteiger partial charge in [0.25, 0.3) is 0 Å². The number of rotatable bonds is 1. The van der Waals surface area contributed by atoms with Gasteiger partial charge in [0.2, 0.25) is 0 Å². The van der Waals surface area contributed by atoms with E-state index in [-0.39, 0.29) is 5.52 Å². The minimum absolute atomic E-state index is 0.133. The number of hydrogen-bond acceptors (Lipinski definition) is 1. The van der Waals surface area contributed by atoms with Crippen LogP contribution in [0.2, 0.25) is 0 Å². The SMILES string of the molecule is Fc1ccc2[nH]c(=S)n(-c3ccccc3I)c2c1F. The molecule has 96 valence electrons. The van der Waals surface area contributed by atoms with Crippen LogP contribution < -0.4 is 0 Å². The van der Waals surface area contributed by atoms with Crippen LogP contribution in [0.5, 0.6) is 0 Å². The van der Waals surface area contributed by atoms with E-state index < -0.39 is 11.6 Å². The summed E-state index contributed by atoms with van der Waals surface area (Å²) in [6.07, 6.45) is 0. The molecule has 0 saturated carbocycles. The van der Waals surface area contributed by atoms with Crippen molar-refractivity contribution in [3.63, 3.8) is 0 Å². The van der Waals surface area contributed by atoms with Crippen LogP contribution in [-0.4, -0.2) is 9.55 Å². The molecule has 0 saturated heterocycles. The van der Waals surface area contributed by atoms with Crippen LogP contribution in [0.1, 0.15) is 0 Å². The van der Waals surface area contributed by atoms with Crippen LogP contribution in [0.25, 0.3) is 16.7 Å². The van der Waals surface area contributed by atoms with Crippen molar-refractivity contribution in [1.29, 1.82) is 0 Å². The second-order valence-corrected chi connectivity index (χ2v) is 5.52. The van der Waals surface area contributed by atoms with Gasteiger partial charge in [0.1, 0.15) is 5.52 Å². The summed E-state index contributed by atoms with van der Waals surface area (Å²) in [7, 11) is 0. The molecule has 0 fully saturated rings. The van der Waals surface area contributed by atoms with Gasteiger partial charge in [-0.15, -0.1) is 0 Å². The van der Waals surface area contributed by atoms with Crippen LogP contribution in [0.3, 0.4) is 0 Å². The van der Waals surface area contributed by atoms with Gasteiger partial charge in [0.15, 0.2) is 16.4 Å². The van der Waals surface area contributed by atoms with Gasteiger partial charge in [0.05, 0.1) is 11.2 Å². The van der Waals surface area contributed by atoms with Crippen LogP contribution >= 0.6 is 34.8 Å². The molecule has 1 aromatic heterocycles. The first-order valence-electron chi connectivity index (χ1n) is 5.43. The quantitative estimate of drug-likeness (QED) is 0.479. The molecule has 0 atom stereocenters. The fourth-order valence-corrected chi connectivity index (χ4v) is 2.92. The summed E-state index contributed by atoms with van der Waals surface area (Å²) >= 11 is 7.35. The summed E-state index contributed by atoms with van der Waals surface area (Å²) in [5.74, 6) is -1.79. The van der Waals surface area contributed by atoms with Gasteiger partial charge in [-0.05, 0) is 59.1 Å². The molecule has 0 aliphatic rings. The number of fused-ring (bicyclic) bond motifs is 1. The lowest BCUT2D eigenvalue weighted by Crippen LogP contribution is -1.99. The first-order valence-corrected chi connectivity index (χ1v) is 6.92. The van der Waals surface area contributed by atoms with Crippen molar-refractivity contribution in [2.75, 3.05) is 0 Å². The molecule has 0 amide bonds. The zero-order chi connectivity index (χ0) is 13.6. The van der Waals surface area contributed by atoms with Crippen molar-refractivity contribution >= 4 is 45.8 Å². The normalized spacial score (nSPS) is 11.1. The molecule has 2 nitrogen and oxygen atoms in total. The Morgan fingerprint density at radius 2 is 1.84 bits per heavy atom. The number of hydrogen-bond donors (Lipinski definition) is 1. The van der Waals surface area contributed by atoms with E-state index >= 15 is 0 Å². The van der Waals surface area contributed by atoms with Gasteiger partial charge >= 0.3 is 0 Å². The Morgan fingerprint density at radius 3 is 2.58 bits per heavy atom. The summed E-state index contributed by atoms with van der Waals surface area (Å²) < 4.78 is 30.2. The highest BCUT2D eigenvalue weighted by Crippen LogP contribution is 2.26. The maximum Gasteiger partial charge on any atom is 0.184 e. The Hall–Kier alpha value is -1.28. The highest BCUT2D eigenvalue weighted by Gasteiger charge is 2.15. The van der Waals surface area contributed by atoms with E-state index in [9.17, 15) is 8.78 Å². The predicted molar refractivity (Wildman–Crippen MR) is 81.1 cm³/mol. The minimum Gasteiger partial charge on any atom is -0.330 e. The van der Waals surface area contributed by atoms with E-state index in [1.54, 1.807) is 0 Å². The second kappa shape index (κ2) is 4.68. The van der Waals surface area contributed by atoms with Crippen molar-refractivity contribution in [2.45, 2.75) is 0 Å². The number of nitrogens with one attached hydrogen (secondary N) is 1. The predicted octanol–water partition coefficient (Wildman–Crippen LogP) is 4.57. The van der Waals surface area contributed by atoms with Gasteiger partial charge in [-0.3, -0.25) is 4.57 Å². The van der Waals surface area contributed by atoms with Crippen molar-refractivity contribution in [3.05, 3.63) is 56.4 Å². The third-order valence-corrected chi connectivity index (χ3v) is 4.03. The number of benzene rings is 2. The lowest BCUT2D eigenvalue weighted by Gasteiger charge is -2.07. The molecule has 0 aliphatic carbocycles. The van der Waals surface area contributed by atoms with E-state index in [2.05, 4.69) is 27.6 Å². The average Bonchev–Trinajstić information content (AvgIpc) is 2.72. The van der Waals surface area contributed by atoms with E-state index in [0.29, 0.717) is 10.3 Å². The van der Waals surface area contributed by atoms with Gasteiger partial charge < -0.3 is 4.98 Å². The van der Waals surface area contributed by atoms with Crippen molar-refractivity contribution < 1.29 is 8.78 Å². The summed E-state index contributed by atoms with van der Waals surface area (Å²) in [5, 5.41) is 0. The average molecular weight is 388 g/mol. The molecule has 6 heteroatoms. The molecule has 0 spiro atoms. The molecule has 0 radical (unpaired) electrons. The topological polar surface area (TPSA) is 20.7 Å². The van der Waals surface area contributed by atoms with Gasteiger partial charge in [-0.1, -0.05) is 12.1 Å². The maximum atomic E-state index is 14.0. The lowest BCUT2D eigenvalue weighted by molar-refractivity contribution is 0.514. The molecule has 3 aromatic rings. The highest BCUT2D eigenvalue weighted by atomic mass is 127. The Bertz CT molecular complexity index is 838. The maximum absolute atomic E-state index is 14.0. The third kappa shape index (κ3) is 1.99. The lowest BCUT2D eigenvalue weighted by atomic mass is 10.2. The molecule has 1 N–H and O–H groups in total. The van der Waals surface area contributed by atoms with Crippen LogP contribution in [-0.2, 0) is 0 Å². The Balaban J connectivity index is 2.48. The molecule has 0 bridgehead atoms. The number of nitrogens with zero attached hydrogens (tertiary/aromatic N) is 1. The number of H-pyrrole nitrogens is 1. The van der Waals surface area contributed by atoms with Gasteiger partial charge in [0, 0.05) is 3.57 Å². The van der Waals surface area contributed by atoms with E-state index in [1.807, 2.05) is 24.3 Å². The molecular weight excluding hydrogens is 381 g/mol. The van der Waals surface area contributed by atoms with Crippen LogP contribution in [0.4, 0.5) is 8.78 Å². The Morgan fingerprint density at radius 1 is 1.11 bits per heavy atom. The fraction of sp³-hybridized carbons (Fsp3) is 0. The molecule has 1 heterocycles. The molecule has 2 aromatic carbocycles. The largest absolute Gasteiger partial charge is 0.330 e. The molecular formula is C13H7F2IN2S. The summed E-state index contributed by atoms with van der Waals surface area (Å²) in [6, 6.07) is 9.97. The molecule has 0 unspecified atom stereocenters. The van der Waals surface area contributed by atoms with Crippen molar-refractivity contribution in [2.24, 2.45) is 0 Å². The third-order valence-electron chi connectivity index (χ3n) is 2.83. The van der Waals surface area contributed by atoms with E-state index in [1.165, 1.54) is 10.6 Å². The summed E-state index contributed by atoms with van der Waals surface area (Å²) in [5.41, 5.74) is 1.33. The summed E-state index contributed by atoms with van der Waals surface area (Å²) in [4.78, 5) is 2.89. The first kappa shape index (κ1) is 12.7. The van der Waals surface area contributed by atoms with Crippen LogP contribution in [0, 0.1) is 20.0 Å². The standard InChI is InChI=1S/C13H7F2IN2S/c14-7-5-6-9-12(11(7)15)18(13(19)17-9)10-4-2-1-3-8(10)16/h1-6H,(H,17,19). The molecule has 3 rings (SSSR count). The van der Waals surface area contributed by atoms with Gasteiger partial charge in [-0.25, -0.2) is 8.78 Å². The highest BCUT2D eigenvalue weighted by molar-refractivity contribution is 14.1. The molecule has 19 heavy (non-hydrogen) atoms. The second-order valence-electron chi connectivity index (χ2n) is 3.97. The number of aromatic amines is 1. The Labute approximate surface area is 126 Å². The van der Waals surface area contributed by atoms with Gasteiger partial charge in [-0.2, -0.15) is 0 Å². The first-order chi connectivity index (χ1) is 9.09. The smallest absolute Gasteiger partial charge is 0.184 e. The number of para-hydroxylation sites is 1. The monoisotopic (exact) mass is 388 g/mol. The fourth-order valence-electron chi connectivity index (χ4n) is 1.99. The Kier molecular flexibility index (Phi) is 3.14. The number of halogens is 3. The number of imidazole rings is 1. The zero-order valence-corrected chi connectivity index (χ0v) is 12.4.